The van der Waals surface area contributed by atoms with E-state index in [1.807, 2.05) is 26.0 Å². The molecule has 0 unspecified atom stereocenters. The molecule has 0 radical (unpaired) electrons. The van der Waals surface area contributed by atoms with E-state index in [9.17, 15) is 4.79 Å². The molecule has 9 nitrogen and oxygen atoms in total. The number of nitrogens with one attached hydrogen (secondary N) is 3. The zero-order valence-electron chi connectivity index (χ0n) is 20.9. The van der Waals surface area contributed by atoms with Gasteiger partial charge < -0.3 is 15.2 Å². The number of carbonyl (C=O) groups excluding carboxylic acids is 2. The highest BCUT2D eigenvalue weighted by molar-refractivity contribution is 5.76. The maximum Gasteiger partial charge on any atom is 0.227 e. The molecule has 34 heavy (non-hydrogen) atoms. The largest absolute Gasteiger partial charge is 0.356 e. The minimum Gasteiger partial charge on any atom is -0.356 e. The van der Waals surface area contributed by atoms with Crippen molar-refractivity contribution in [2.75, 3.05) is 19.6 Å². The third-order valence-electron chi connectivity index (χ3n) is 5.13. The van der Waals surface area contributed by atoms with E-state index in [0.717, 1.165) is 30.6 Å². The summed E-state index contributed by atoms with van der Waals surface area (Å²) in [5, 5.41) is 10.4. The smallest absolute Gasteiger partial charge is 0.227 e. The van der Waals surface area contributed by atoms with Gasteiger partial charge in [0, 0.05) is 31.5 Å². The third kappa shape index (κ3) is 10.5. The number of amides is 2. The van der Waals surface area contributed by atoms with Crippen molar-refractivity contribution in [3.63, 3.8) is 0 Å². The molecule has 1 heterocycles. The maximum atomic E-state index is 12.1. The van der Waals surface area contributed by atoms with Gasteiger partial charge >= 0.3 is 0 Å². The summed E-state index contributed by atoms with van der Waals surface area (Å²) in [7, 11) is 0. The number of allylic oxidation sites excluding steroid dienone is 2. The summed E-state index contributed by atoms with van der Waals surface area (Å²) < 4.78 is 5.32. The van der Waals surface area contributed by atoms with Crippen LogP contribution in [0, 0.1) is 13.8 Å². The van der Waals surface area contributed by atoms with Gasteiger partial charge in [0.25, 0.3) is 0 Å². The van der Waals surface area contributed by atoms with Crippen molar-refractivity contribution in [1.82, 2.24) is 26.2 Å². The van der Waals surface area contributed by atoms with Crippen LogP contribution in [0.15, 0.2) is 46.0 Å². The quantitative estimate of drug-likeness (QED) is 0.0935. The summed E-state index contributed by atoms with van der Waals surface area (Å²) in [5.41, 5.74) is 7.66. The predicted molar refractivity (Wildman–Crippen MR) is 135 cm³/mol. The predicted octanol–water partition coefficient (Wildman–Crippen LogP) is 2.90. The second-order valence-electron chi connectivity index (χ2n) is 7.95. The van der Waals surface area contributed by atoms with Crippen LogP contribution in [0.5, 0.6) is 0 Å². The first-order valence-corrected chi connectivity index (χ1v) is 11.4. The van der Waals surface area contributed by atoms with Crippen LogP contribution in [0.3, 0.4) is 0 Å². The molecule has 2 rings (SSSR count). The van der Waals surface area contributed by atoms with Crippen LogP contribution in [0.2, 0.25) is 0 Å². The average Bonchev–Trinajstić information content (AvgIpc) is 3.29. The van der Waals surface area contributed by atoms with Crippen LogP contribution in [0.25, 0.3) is 11.4 Å². The van der Waals surface area contributed by atoms with E-state index in [2.05, 4.69) is 65.6 Å². The van der Waals surface area contributed by atoms with Crippen LogP contribution in [-0.4, -0.2) is 42.1 Å². The van der Waals surface area contributed by atoms with Gasteiger partial charge in [-0.15, -0.1) is 0 Å². The lowest BCUT2D eigenvalue weighted by atomic mass is 10.0. The number of aromatic nitrogens is 2. The van der Waals surface area contributed by atoms with E-state index < -0.39 is 0 Å². The molecule has 0 spiro atoms. The van der Waals surface area contributed by atoms with Crippen molar-refractivity contribution in [3.05, 3.63) is 58.5 Å². The summed E-state index contributed by atoms with van der Waals surface area (Å²) in [4.78, 5) is 25.5. The highest BCUT2D eigenvalue weighted by atomic mass is 16.5. The summed E-state index contributed by atoms with van der Waals surface area (Å²) >= 11 is 0. The number of hydrazine groups is 1. The van der Waals surface area contributed by atoms with Crippen molar-refractivity contribution in [1.29, 1.82) is 0 Å². The Hall–Kier alpha value is -3.30. The van der Waals surface area contributed by atoms with Crippen molar-refractivity contribution < 1.29 is 14.1 Å². The average molecular weight is 471 g/mol. The number of nitrogens with zero attached hydrogens (tertiary/aromatic N) is 2. The number of nitrogens with two attached hydrogens (primary N) is 1. The molecule has 2 aromatic rings. The second-order valence-corrected chi connectivity index (χ2v) is 7.95. The van der Waals surface area contributed by atoms with Crippen molar-refractivity contribution in [2.24, 2.45) is 5.84 Å². The molecule has 0 atom stereocenters. The number of hydrogen-bond donors (Lipinski definition) is 4. The van der Waals surface area contributed by atoms with Crippen LogP contribution in [-0.2, 0) is 16.0 Å². The van der Waals surface area contributed by atoms with Crippen LogP contribution in [0.4, 0.5) is 0 Å². The van der Waals surface area contributed by atoms with Crippen molar-refractivity contribution >= 4 is 12.3 Å². The van der Waals surface area contributed by atoms with Crippen molar-refractivity contribution in [2.45, 2.75) is 53.9 Å². The number of aryl methyl sites for hydroxylation is 2. The molecule has 5 N–H and O–H groups in total. The lowest BCUT2D eigenvalue weighted by molar-refractivity contribution is -0.121. The van der Waals surface area contributed by atoms with Crippen LogP contribution >= 0.6 is 0 Å². The fraction of sp³-hybridized carbons (Fsp3) is 0.440. The Kier molecular flexibility index (Phi) is 13.8. The minimum absolute atomic E-state index is 0.000361. The highest BCUT2D eigenvalue weighted by Crippen LogP contribution is 2.23. The number of hydrogen-bond acceptors (Lipinski definition) is 7. The second kappa shape index (κ2) is 16.3. The standard InChI is InChI=1S/C24H34N4O2.CH4N2O/c1-6-9-20(17(2)3)16-25-14-8-15-26-22(29)12-13-23-27-24(28-30-23)21-11-7-10-18(4)19(21)5;2-3-1-4/h6-7,9-11,25H,8,12-16H2,1-5H3,(H,26,29);1H,2H2,(H,3,4)/b9-6-;. The minimum atomic E-state index is 0.000361. The Morgan fingerprint density at radius 1 is 1.21 bits per heavy atom. The lowest BCUT2D eigenvalue weighted by Crippen LogP contribution is -2.28. The monoisotopic (exact) mass is 470 g/mol. The van der Waals surface area contributed by atoms with Gasteiger partial charge in [0.15, 0.2) is 0 Å². The normalized spacial score (nSPS) is 10.4. The molecule has 1 aromatic carbocycles. The molecule has 0 fully saturated rings. The van der Waals surface area contributed by atoms with E-state index in [4.69, 9.17) is 9.32 Å². The fourth-order valence-electron chi connectivity index (χ4n) is 3.04. The lowest BCUT2D eigenvalue weighted by Gasteiger charge is -2.08. The molecule has 186 valence electrons. The molecule has 0 aliphatic heterocycles. The van der Waals surface area contributed by atoms with Crippen molar-refractivity contribution in [3.8, 4) is 11.4 Å². The fourth-order valence-corrected chi connectivity index (χ4v) is 3.04. The first-order chi connectivity index (χ1) is 16.3. The van der Waals surface area contributed by atoms with E-state index in [-0.39, 0.29) is 5.91 Å². The zero-order valence-corrected chi connectivity index (χ0v) is 20.9. The zero-order chi connectivity index (χ0) is 25.3. The summed E-state index contributed by atoms with van der Waals surface area (Å²) in [6.07, 6.45) is 6.25. The molecule has 0 saturated carbocycles. The Balaban J connectivity index is 0.00000133. The van der Waals surface area contributed by atoms with Gasteiger partial charge in [-0.2, -0.15) is 4.98 Å². The summed E-state index contributed by atoms with van der Waals surface area (Å²) in [5.74, 6) is 5.47. The Morgan fingerprint density at radius 2 is 1.94 bits per heavy atom. The van der Waals surface area contributed by atoms with E-state index >= 15 is 0 Å². The Labute approximate surface area is 202 Å². The number of rotatable bonds is 12. The van der Waals surface area contributed by atoms with Gasteiger partial charge in [-0.05, 0) is 64.3 Å². The first kappa shape index (κ1) is 28.7. The van der Waals surface area contributed by atoms with Gasteiger partial charge in [-0.25, -0.2) is 5.84 Å². The molecule has 1 aromatic heterocycles. The number of carbonyl (C=O) groups is 2. The summed E-state index contributed by atoms with van der Waals surface area (Å²) in [6, 6.07) is 6.02. The topological polar surface area (TPSA) is 135 Å². The Morgan fingerprint density at radius 3 is 2.59 bits per heavy atom. The SMILES string of the molecule is C/C=C\C(CNCCCNC(=O)CCc1nc(-c2cccc(C)c2C)no1)=C(C)C.NNC=O. The van der Waals surface area contributed by atoms with Gasteiger partial charge in [0.2, 0.25) is 24.0 Å². The molecule has 0 aliphatic carbocycles. The molecule has 0 aliphatic rings. The van der Waals surface area contributed by atoms with Gasteiger partial charge in [0.1, 0.15) is 0 Å². The van der Waals surface area contributed by atoms with Crippen LogP contribution < -0.4 is 21.9 Å². The van der Waals surface area contributed by atoms with E-state index in [1.54, 1.807) is 5.43 Å². The molecule has 0 bridgehead atoms. The Bertz CT molecular complexity index is 961. The molecule has 9 heteroatoms. The molecule has 2 amide bonds. The van der Waals surface area contributed by atoms with Gasteiger partial charge in [-0.3, -0.25) is 15.0 Å². The molecule has 0 saturated heterocycles. The third-order valence-corrected chi connectivity index (χ3v) is 5.13. The maximum absolute atomic E-state index is 12.1. The highest BCUT2D eigenvalue weighted by Gasteiger charge is 2.13. The number of benzene rings is 1. The van der Waals surface area contributed by atoms with Gasteiger partial charge in [-0.1, -0.05) is 41.1 Å². The first-order valence-electron chi connectivity index (χ1n) is 11.4. The van der Waals surface area contributed by atoms with Crippen LogP contribution in [0.1, 0.15) is 50.6 Å². The summed E-state index contributed by atoms with van der Waals surface area (Å²) in [6.45, 7) is 12.7. The molecular weight excluding hydrogens is 432 g/mol. The van der Waals surface area contributed by atoms with E-state index in [0.29, 0.717) is 37.5 Å². The van der Waals surface area contributed by atoms with E-state index in [1.165, 1.54) is 16.7 Å². The molecular formula is C25H38N6O3. The van der Waals surface area contributed by atoms with Gasteiger partial charge in [0.05, 0.1) is 0 Å².